The van der Waals surface area contributed by atoms with E-state index in [0.29, 0.717) is 10.8 Å². The molecule has 0 aliphatic rings. The minimum atomic E-state index is -0.394. The summed E-state index contributed by atoms with van der Waals surface area (Å²) < 4.78 is 5.32. The Kier molecular flexibility index (Phi) is 5.43. The van der Waals surface area contributed by atoms with E-state index in [-0.39, 0.29) is 18.4 Å². The first-order valence-electron chi connectivity index (χ1n) is 8.14. The molecule has 0 atom stereocenters. The third-order valence-electron chi connectivity index (χ3n) is 3.66. The Labute approximate surface area is 155 Å². The van der Waals surface area contributed by atoms with E-state index in [4.69, 9.17) is 10.5 Å². The second kappa shape index (κ2) is 7.92. The predicted octanol–water partition coefficient (Wildman–Crippen LogP) is 3.49. The second-order valence-corrected chi connectivity index (χ2v) is 6.80. The molecule has 0 aliphatic carbocycles. The number of nitrogens with zero attached hydrogens (tertiary/aromatic N) is 3. The second-order valence-electron chi connectivity index (χ2n) is 5.55. The molecule has 0 spiro atoms. The number of ether oxygens (including phenoxy) is 1. The SMILES string of the molecule is CCc1cc(C(=O)OCc2nc(N)nc(Nc3ccccc3)n2)sc1C. The molecule has 1 aromatic carbocycles. The maximum Gasteiger partial charge on any atom is 0.348 e. The first-order chi connectivity index (χ1) is 12.5. The molecule has 2 aromatic heterocycles. The highest BCUT2D eigenvalue weighted by Gasteiger charge is 2.14. The number of nitrogens with one attached hydrogen (secondary N) is 1. The van der Waals surface area contributed by atoms with Crippen LogP contribution in [0.5, 0.6) is 0 Å². The van der Waals surface area contributed by atoms with Crippen molar-refractivity contribution < 1.29 is 9.53 Å². The van der Waals surface area contributed by atoms with Gasteiger partial charge in [-0.15, -0.1) is 11.3 Å². The zero-order valence-corrected chi connectivity index (χ0v) is 15.3. The first kappa shape index (κ1) is 17.8. The summed E-state index contributed by atoms with van der Waals surface area (Å²) in [5, 5.41) is 3.04. The lowest BCUT2D eigenvalue weighted by molar-refractivity contribution is 0.0468. The monoisotopic (exact) mass is 369 g/mol. The van der Waals surface area contributed by atoms with Crippen molar-refractivity contribution in [3.8, 4) is 0 Å². The zero-order valence-electron chi connectivity index (χ0n) is 14.5. The lowest BCUT2D eigenvalue weighted by atomic mass is 10.2. The molecule has 2 heterocycles. The largest absolute Gasteiger partial charge is 0.453 e. The smallest absolute Gasteiger partial charge is 0.348 e. The van der Waals surface area contributed by atoms with Gasteiger partial charge in [0, 0.05) is 10.6 Å². The number of carbonyl (C=O) groups excluding carboxylic acids is 1. The van der Waals surface area contributed by atoms with Crippen molar-refractivity contribution in [2.45, 2.75) is 26.9 Å². The van der Waals surface area contributed by atoms with Crippen molar-refractivity contribution in [1.82, 2.24) is 15.0 Å². The Morgan fingerprint density at radius 3 is 2.69 bits per heavy atom. The molecule has 0 fully saturated rings. The number of para-hydroxylation sites is 1. The van der Waals surface area contributed by atoms with Crippen LogP contribution in [-0.4, -0.2) is 20.9 Å². The highest BCUT2D eigenvalue weighted by atomic mass is 32.1. The summed E-state index contributed by atoms with van der Waals surface area (Å²) in [5.41, 5.74) is 7.71. The molecule has 0 bridgehead atoms. The van der Waals surface area contributed by atoms with E-state index < -0.39 is 5.97 Å². The maximum atomic E-state index is 12.2. The molecule has 0 radical (unpaired) electrons. The Balaban J connectivity index is 1.68. The molecule has 0 unspecified atom stereocenters. The Hall–Kier alpha value is -3.00. The molecular formula is C18H19N5O2S. The highest BCUT2D eigenvalue weighted by molar-refractivity contribution is 7.14. The van der Waals surface area contributed by atoms with E-state index in [1.165, 1.54) is 11.3 Å². The Morgan fingerprint density at radius 2 is 2.00 bits per heavy atom. The third-order valence-corrected chi connectivity index (χ3v) is 4.74. The maximum absolute atomic E-state index is 12.2. The number of carbonyl (C=O) groups is 1. The summed E-state index contributed by atoms with van der Waals surface area (Å²) in [6.07, 6.45) is 0.883. The topological polar surface area (TPSA) is 103 Å². The molecule has 3 rings (SSSR count). The number of anilines is 3. The Morgan fingerprint density at radius 1 is 1.23 bits per heavy atom. The molecular weight excluding hydrogens is 350 g/mol. The van der Waals surface area contributed by atoms with Crippen molar-refractivity contribution in [3.05, 3.63) is 57.5 Å². The molecule has 3 N–H and O–H groups in total. The van der Waals surface area contributed by atoms with Crippen LogP contribution in [0.2, 0.25) is 0 Å². The molecule has 26 heavy (non-hydrogen) atoms. The van der Waals surface area contributed by atoms with Crippen molar-refractivity contribution in [3.63, 3.8) is 0 Å². The summed E-state index contributed by atoms with van der Waals surface area (Å²) in [7, 11) is 0. The number of esters is 1. The van der Waals surface area contributed by atoms with Gasteiger partial charge in [0.1, 0.15) is 4.88 Å². The van der Waals surface area contributed by atoms with Crippen molar-refractivity contribution in [2.24, 2.45) is 0 Å². The summed E-state index contributed by atoms with van der Waals surface area (Å²) in [5.74, 6) is 0.252. The average Bonchev–Trinajstić information content (AvgIpc) is 3.01. The number of thiophene rings is 1. The van der Waals surface area contributed by atoms with Crippen molar-refractivity contribution >= 4 is 34.9 Å². The van der Waals surface area contributed by atoms with Gasteiger partial charge >= 0.3 is 5.97 Å². The number of nitrogens with two attached hydrogens (primary N) is 1. The molecule has 0 amide bonds. The number of aryl methyl sites for hydroxylation is 2. The summed E-state index contributed by atoms with van der Waals surface area (Å²) >= 11 is 1.43. The van der Waals surface area contributed by atoms with Gasteiger partial charge in [-0.3, -0.25) is 0 Å². The van der Waals surface area contributed by atoms with E-state index in [0.717, 1.165) is 22.5 Å². The van der Waals surface area contributed by atoms with E-state index in [1.807, 2.05) is 43.3 Å². The molecule has 7 nitrogen and oxygen atoms in total. The van der Waals surface area contributed by atoms with Gasteiger partial charge in [0.2, 0.25) is 11.9 Å². The van der Waals surface area contributed by atoms with Crippen molar-refractivity contribution in [2.75, 3.05) is 11.1 Å². The Bertz CT molecular complexity index is 911. The van der Waals surface area contributed by atoms with Gasteiger partial charge in [0.05, 0.1) is 0 Å². The number of benzene rings is 1. The standard InChI is InChI=1S/C18H19N5O2S/c1-3-12-9-14(26-11(12)2)16(24)25-10-15-21-17(19)23-18(22-15)20-13-7-5-4-6-8-13/h4-9H,3,10H2,1-2H3,(H3,19,20,21,22,23). The minimum Gasteiger partial charge on any atom is -0.453 e. The number of hydrogen-bond donors (Lipinski definition) is 2. The number of hydrogen-bond acceptors (Lipinski definition) is 8. The van der Waals surface area contributed by atoms with Gasteiger partial charge in [-0.05, 0) is 37.1 Å². The van der Waals surface area contributed by atoms with Crippen LogP contribution in [0.3, 0.4) is 0 Å². The van der Waals surface area contributed by atoms with Crippen molar-refractivity contribution in [1.29, 1.82) is 0 Å². The molecule has 0 aliphatic heterocycles. The van der Waals surface area contributed by atoms with Gasteiger partial charge < -0.3 is 15.8 Å². The fourth-order valence-corrected chi connectivity index (χ4v) is 3.39. The van der Waals surface area contributed by atoms with Gasteiger partial charge in [-0.2, -0.15) is 15.0 Å². The normalized spacial score (nSPS) is 10.5. The average molecular weight is 369 g/mol. The van der Waals surface area contributed by atoms with Gasteiger partial charge in [0.25, 0.3) is 0 Å². The molecule has 134 valence electrons. The number of rotatable bonds is 6. The summed E-state index contributed by atoms with van der Waals surface area (Å²) in [6.45, 7) is 3.97. The van der Waals surface area contributed by atoms with Crippen LogP contribution in [0, 0.1) is 6.92 Å². The van der Waals surface area contributed by atoms with Crippen LogP contribution in [0.1, 0.15) is 32.9 Å². The van der Waals surface area contributed by atoms with Crippen LogP contribution in [0.4, 0.5) is 17.6 Å². The number of nitrogen functional groups attached to an aromatic ring is 1. The summed E-state index contributed by atoms with van der Waals surface area (Å²) in [6, 6.07) is 11.3. The summed E-state index contributed by atoms with van der Waals surface area (Å²) in [4.78, 5) is 26.2. The fraction of sp³-hybridized carbons (Fsp3) is 0.222. The van der Waals surface area contributed by atoms with E-state index in [1.54, 1.807) is 0 Å². The van der Waals surface area contributed by atoms with Crippen LogP contribution in [-0.2, 0) is 17.8 Å². The lowest BCUT2D eigenvalue weighted by Crippen LogP contribution is -2.10. The molecule has 8 heteroatoms. The van der Waals surface area contributed by atoms with Crippen LogP contribution in [0.25, 0.3) is 0 Å². The van der Waals surface area contributed by atoms with Gasteiger partial charge in [-0.25, -0.2) is 4.79 Å². The van der Waals surface area contributed by atoms with E-state index in [2.05, 4.69) is 27.2 Å². The third kappa shape index (κ3) is 4.34. The quantitative estimate of drug-likeness (QED) is 0.641. The minimum absolute atomic E-state index is 0.0599. The molecule has 3 aromatic rings. The van der Waals surface area contributed by atoms with Crippen LogP contribution in [0.15, 0.2) is 36.4 Å². The highest BCUT2D eigenvalue weighted by Crippen LogP contribution is 2.23. The molecule has 0 saturated carbocycles. The zero-order chi connectivity index (χ0) is 18.5. The molecule has 0 saturated heterocycles. The predicted molar refractivity (Wildman–Crippen MR) is 102 cm³/mol. The van der Waals surface area contributed by atoms with Crippen LogP contribution < -0.4 is 11.1 Å². The fourth-order valence-electron chi connectivity index (χ4n) is 2.38. The van der Waals surface area contributed by atoms with Crippen LogP contribution >= 0.6 is 11.3 Å². The van der Waals surface area contributed by atoms with E-state index >= 15 is 0 Å². The first-order valence-corrected chi connectivity index (χ1v) is 8.95. The van der Waals surface area contributed by atoms with Gasteiger partial charge in [0.15, 0.2) is 12.4 Å². The lowest BCUT2D eigenvalue weighted by Gasteiger charge is -2.07. The van der Waals surface area contributed by atoms with E-state index in [9.17, 15) is 4.79 Å². The number of aromatic nitrogens is 3. The van der Waals surface area contributed by atoms with Gasteiger partial charge in [-0.1, -0.05) is 25.1 Å².